The molecular weight excluding hydrogens is 256 g/mol. The number of hydrogen-bond acceptors (Lipinski definition) is 4. The van der Waals surface area contributed by atoms with Crippen LogP contribution in [0.25, 0.3) is 0 Å². The van der Waals surface area contributed by atoms with Gasteiger partial charge in [0.2, 0.25) is 5.82 Å². The van der Waals surface area contributed by atoms with Crippen molar-refractivity contribution in [2.45, 2.75) is 46.7 Å². The number of aromatic nitrogens is 3. The van der Waals surface area contributed by atoms with Crippen molar-refractivity contribution < 1.29 is 9.21 Å². The molecule has 0 atom stereocenters. The first-order valence-corrected chi connectivity index (χ1v) is 6.78. The van der Waals surface area contributed by atoms with Gasteiger partial charge in [-0.15, -0.1) is 5.10 Å². The van der Waals surface area contributed by atoms with E-state index in [2.05, 4.69) is 15.2 Å². The third-order valence-electron chi connectivity index (χ3n) is 3.06. The van der Waals surface area contributed by atoms with Crippen LogP contribution in [0.2, 0.25) is 0 Å². The summed E-state index contributed by atoms with van der Waals surface area (Å²) in [6, 6.07) is 3.81. The second-order valence-electron chi connectivity index (χ2n) is 5.00. The molecule has 2 rings (SSSR count). The van der Waals surface area contributed by atoms with Crippen LogP contribution in [-0.2, 0) is 13.0 Å². The molecule has 1 N–H and O–H groups in total. The van der Waals surface area contributed by atoms with E-state index in [1.165, 1.54) is 0 Å². The van der Waals surface area contributed by atoms with Crippen LogP contribution in [0.5, 0.6) is 0 Å². The van der Waals surface area contributed by atoms with Gasteiger partial charge in [-0.3, -0.25) is 9.89 Å². The maximum Gasteiger partial charge on any atom is 0.294 e. The second kappa shape index (κ2) is 5.90. The highest BCUT2D eigenvalue weighted by Crippen LogP contribution is 2.14. The van der Waals surface area contributed by atoms with Crippen LogP contribution in [0.1, 0.15) is 48.7 Å². The highest BCUT2D eigenvalue weighted by Gasteiger charge is 2.23. The van der Waals surface area contributed by atoms with E-state index >= 15 is 0 Å². The molecule has 0 saturated heterocycles. The zero-order valence-corrected chi connectivity index (χ0v) is 12.3. The van der Waals surface area contributed by atoms with Crippen molar-refractivity contribution in [3.63, 3.8) is 0 Å². The van der Waals surface area contributed by atoms with Gasteiger partial charge in [0.25, 0.3) is 5.91 Å². The van der Waals surface area contributed by atoms with E-state index in [1.807, 2.05) is 39.8 Å². The molecule has 20 heavy (non-hydrogen) atoms. The molecule has 0 fully saturated rings. The number of H-pyrrole nitrogens is 1. The number of aryl methyl sites for hydroxylation is 2. The molecule has 0 spiro atoms. The van der Waals surface area contributed by atoms with Crippen LogP contribution >= 0.6 is 0 Å². The lowest BCUT2D eigenvalue weighted by molar-refractivity contribution is 0.0663. The number of carbonyl (C=O) groups is 1. The normalized spacial score (nSPS) is 11.1. The first kappa shape index (κ1) is 14.3. The number of nitrogens with one attached hydrogen (secondary N) is 1. The number of furan rings is 1. The van der Waals surface area contributed by atoms with Crippen molar-refractivity contribution in [3.05, 3.63) is 35.3 Å². The first-order chi connectivity index (χ1) is 9.51. The molecule has 2 aromatic rings. The number of aromatic amines is 1. The minimum atomic E-state index is -0.190. The summed E-state index contributed by atoms with van der Waals surface area (Å²) in [5.74, 6) is 2.33. The van der Waals surface area contributed by atoms with Gasteiger partial charge >= 0.3 is 0 Å². The van der Waals surface area contributed by atoms with Crippen molar-refractivity contribution >= 4 is 5.91 Å². The summed E-state index contributed by atoms with van der Waals surface area (Å²) in [4.78, 5) is 18.4. The average molecular weight is 276 g/mol. The lowest BCUT2D eigenvalue weighted by Gasteiger charge is -2.24. The fourth-order valence-corrected chi connectivity index (χ4v) is 1.90. The van der Waals surface area contributed by atoms with E-state index < -0.39 is 0 Å². The minimum absolute atomic E-state index is 0.0384. The summed E-state index contributed by atoms with van der Waals surface area (Å²) in [7, 11) is 0. The zero-order valence-electron chi connectivity index (χ0n) is 12.3. The quantitative estimate of drug-likeness (QED) is 0.909. The van der Waals surface area contributed by atoms with Crippen LogP contribution in [0, 0.1) is 6.92 Å². The van der Waals surface area contributed by atoms with Crippen molar-refractivity contribution in [3.8, 4) is 0 Å². The molecule has 0 aliphatic carbocycles. The Hall–Kier alpha value is -2.11. The maximum absolute atomic E-state index is 12.5. The maximum atomic E-state index is 12.5. The number of nitrogens with zero attached hydrogens (tertiary/aromatic N) is 3. The van der Waals surface area contributed by atoms with Gasteiger partial charge in [-0.05, 0) is 32.9 Å². The van der Waals surface area contributed by atoms with Gasteiger partial charge in [0.15, 0.2) is 0 Å². The molecule has 2 heterocycles. The fourth-order valence-electron chi connectivity index (χ4n) is 1.90. The molecule has 0 aliphatic rings. The molecule has 0 bridgehead atoms. The Morgan fingerprint density at radius 1 is 1.45 bits per heavy atom. The Bertz CT molecular complexity index is 586. The zero-order chi connectivity index (χ0) is 14.7. The molecule has 108 valence electrons. The van der Waals surface area contributed by atoms with Crippen molar-refractivity contribution in [2.75, 3.05) is 0 Å². The highest BCUT2D eigenvalue weighted by atomic mass is 16.3. The SMILES string of the molecule is CCc1nc(C(=O)N(Cc2ccc(C)o2)C(C)C)n[nH]1. The Kier molecular flexibility index (Phi) is 4.22. The van der Waals surface area contributed by atoms with Crippen LogP contribution in [-0.4, -0.2) is 32.0 Å². The van der Waals surface area contributed by atoms with E-state index in [-0.39, 0.29) is 17.8 Å². The Morgan fingerprint density at radius 3 is 2.70 bits per heavy atom. The van der Waals surface area contributed by atoms with Crippen molar-refractivity contribution in [1.82, 2.24) is 20.1 Å². The summed E-state index contributed by atoms with van der Waals surface area (Å²) >= 11 is 0. The van der Waals surface area contributed by atoms with Gasteiger partial charge in [0, 0.05) is 12.5 Å². The Balaban J connectivity index is 2.17. The predicted octanol–water partition coefficient (Wildman–Crippen LogP) is 2.32. The van der Waals surface area contributed by atoms with Crippen LogP contribution < -0.4 is 0 Å². The number of carbonyl (C=O) groups excluding carboxylic acids is 1. The molecule has 2 aromatic heterocycles. The largest absolute Gasteiger partial charge is 0.464 e. The lowest BCUT2D eigenvalue weighted by Crippen LogP contribution is -2.37. The smallest absolute Gasteiger partial charge is 0.294 e. The van der Waals surface area contributed by atoms with Crippen LogP contribution in [0.4, 0.5) is 0 Å². The summed E-state index contributed by atoms with van der Waals surface area (Å²) in [5, 5.41) is 6.75. The summed E-state index contributed by atoms with van der Waals surface area (Å²) in [6.45, 7) is 8.18. The van der Waals surface area contributed by atoms with Gasteiger partial charge in [0.1, 0.15) is 17.3 Å². The average Bonchev–Trinajstić information content (AvgIpc) is 3.03. The van der Waals surface area contributed by atoms with Gasteiger partial charge < -0.3 is 9.32 Å². The topological polar surface area (TPSA) is 75.0 Å². The molecule has 0 aliphatic heterocycles. The number of rotatable bonds is 5. The number of amides is 1. The second-order valence-corrected chi connectivity index (χ2v) is 5.00. The summed E-state index contributed by atoms with van der Waals surface area (Å²) in [6.07, 6.45) is 0.722. The van der Waals surface area contributed by atoms with Crippen LogP contribution in [0.3, 0.4) is 0 Å². The summed E-state index contributed by atoms with van der Waals surface area (Å²) < 4.78 is 5.53. The highest BCUT2D eigenvalue weighted by molar-refractivity contribution is 5.90. The monoisotopic (exact) mass is 276 g/mol. The Morgan fingerprint density at radius 2 is 2.20 bits per heavy atom. The fraction of sp³-hybridized carbons (Fsp3) is 0.500. The first-order valence-electron chi connectivity index (χ1n) is 6.78. The predicted molar refractivity (Wildman–Crippen MR) is 74.2 cm³/mol. The van der Waals surface area contributed by atoms with E-state index in [1.54, 1.807) is 4.90 Å². The van der Waals surface area contributed by atoms with E-state index in [0.717, 1.165) is 17.9 Å². The molecule has 0 radical (unpaired) electrons. The van der Waals surface area contributed by atoms with Crippen molar-refractivity contribution in [1.29, 1.82) is 0 Å². The third-order valence-corrected chi connectivity index (χ3v) is 3.06. The molecule has 0 unspecified atom stereocenters. The molecule has 6 heteroatoms. The van der Waals surface area contributed by atoms with Gasteiger partial charge in [-0.1, -0.05) is 6.92 Å². The molecule has 0 aromatic carbocycles. The number of hydrogen-bond donors (Lipinski definition) is 1. The van der Waals surface area contributed by atoms with E-state index in [0.29, 0.717) is 12.4 Å². The standard InChI is InChI=1S/C14H20N4O2/c1-5-12-15-13(17-16-12)14(19)18(9(2)3)8-11-7-6-10(4)20-11/h6-7,9H,5,8H2,1-4H3,(H,15,16,17). The molecular formula is C14H20N4O2. The molecule has 6 nitrogen and oxygen atoms in total. The summed E-state index contributed by atoms with van der Waals surface area (Å²) in [5.41, 5.74) is 0. The van der Waals surface area contributed by atoms with Gasteiger partial charge in [-0.2, -0.15) is 0 Å². The van der Waals surface area contributed by atoms with E-state index in [4.69, 9.17) is 4.42 Å². The van der Waals surface area contributed by atoms with Gasteiger partial charge in [0.05, 0.1) is 6.54 Å². The Labute approximate surface area is 118 Å². The minimum Gasteiger partial charge on any atom is -0.464 e. The van der Waals surface area contributed by atoms with Crippen molar-refractivity contribution in [2.24, 2.45) is 0 Å². The van der Waals surface area contributed by atoms with Gasteiger partial charge in [-0.25, -0.2) is 4.98 Å². The molecule has 1 amide bonds. The third kappa shape index (κ3) is 3.07. The lowest BCUT2D eigenvalue weighted by atomic mass is 10.2. The van der Waals surface area contributed by atoms with E-state index in [9.17, 15) is 4.79 Å². The van der Waals surface area contributed by atoms with Crippen LogP contribution in [0.15, 0.2) is 16.5 Å². The molecule has 0 saturated carbocycles.